The van der Waals surface area contributed by atoms with Crippen molar-refractivity contribution >= 4 is 16.9 Å². The van der Waals surface area contributed by atoms with Crippen LogP contribution < -0.4 is 0 Å². The molecule has 6 heteroatoms. The van der Waals surface area contributed by atoms with Crippen LogP contribution in [0.5, 0.6) is 0 Å². The molecule has 1 amide bonds. The van der Waals surface area contributed by atoms with Crippen molar-refractivity contribution in [2.45, 2.75) is 40.2 Å². The monoisotopic (exact) mass is 340 g/mol. The lowest BCUT2D eigenvalue weighted by Gasteiger charge is -2.17. The van der Waals surface area contributed by atoms with Crippen molar-refractivity contribution in [1.29, 1.82) is 0 Å². The number of nitrogens with zero attached hydrogens (tertiary/aromatic N) is 4. The van der Waals surface area contributed by atoms with Gasteiger partial charge in [-0.15, -0.1) is 0 Å². The van der Waals surface area contributed by atoms with Crippen molar-refractivity contribution in [3.63, 3.8) is 0 Å². The Labute approximate surface area is 147 Å². The van der Waals surface area contributed by atoms with E-state index in [1.54, 1.807) is 16.6 Å². The third-order valence-corrected chi connectivity index (χ3v) is 4.35. The summed E-state index contributed by atoms with van der Waals surface area (Å²) in [6.45, 7) is 8.37. The summed E-state index contributed by atoms with van der Waals surface area (Å²) in [5.74, 6) is 1.78. The number of carbonyl (C=O) groups is 1. The van der Waals surface area contributed by atoms with Gasteiger partial charge in [0.15, 0.2) is 5.65 Å². The molecule has 0 fully saturated rings. The molecular formula is C19H24N4O2. The van der Waals surface area contributed by atoms with Gasteiger partial charge < -0.3 is 9.32 Å². The van der Waals surface area contributed by atoms with Crippen LogP contribution in [0.2, 0.25) is 0 Å². The number of amides is 1. The Kier molecular flexibility index (Phi) is 4.37. The van der Waals surface area contributed by atoms with Crippen molar-refractivity contribution in [1.82, 2.24) is 19.7 Å². The Bertz CT molecular complexity index is 936. The van der Waals surface area contributed by atoms with Gasteiger partial charge in [0.25, 0.3) is 5.91 Å². The van der Waals surface area contributed by atoms with Crippen molar-refractivity contribution in [2.24, 2.45) is 7.05 Å². The SMILES string of the molecule is Cc1ccc(CN(C)C(=O)c2cc(C(C)C)nc3c2c(C)nn3C)o1. The molecule has 0 aliphatic heterocycles. The highest BCUT2D eigenvalue weighted by Gasteiger charge is 2.22. The molecule has 0 saturated heterocycles. The highest BCUT2D eigenvalue weighted by molar-refractivity contribution is 6.06. The number of hydrogen-bond acceptors (Lipinski definition) is 4. The first-order valence-corrected chi connectivity index (χ1v) is 8.43. The number of aryl methyl sites for hydroxylation is 3. The highest BCUT2D eigenvalue weighted by Crippen LogP contribution is 2.26. The second-order valence-electron chi connectivity index (χ2n) is 6.83. The maximum Gasteiger partial charge on any atom is 0.254 e. The van der Waals surface area contributed by atoms with Gasteiger partial charge in [0.05, 0.1) is 23.2 Å². The molecule has 0 aliphatic carbocycles. The van der Waals surface area contributed by atoms with Crippen LogP contribution in [0, 0.1) is 13.8 Å². The largest absolute Gasteiger partial charge is 0.464 e. The molecule has 25 heavy (non-hydrogen) atoms. The van der Waals surface area contributed by atoms with E-state index in [4.69, 9.17) is 9.40 Å². The minimum atomic E-state index is -0.0561. The summed E-state index contributed by atoms with van der Waals surface area (Å²) in [6, 6.07) is 5.70. The van der Waals surface area contributed by atoms with Crippen LogP contribution >= 0.6 is 0 Å². The third-order valence-electron chi connectivity index (χ3n) is 4.35. The summed E-state index contributed by atoms with van der Waals surface area (Å²) in [5.41, 5.74) is 3.09. The molecule has 0 spiro atoms. The fraction of sp³-hybridized carbons (Fsp3) is 0.421. The molecule has 3 rings (SSSR count). The van der Waals surface area contributed by atoms with E-state index in [0.717, 1.165) is 33.9 Å². The van der Waals surface area contributed by atoms with Crippen molar-refractivity contribution in [3.05, 3.63) is 46.7 Å². The smallest absolute Gasteiger partial charge is 0.254 e. The molecule has 0 atom stereocenters. The average molecular weight is 340 g/mol. The van der Waals surface area contributed by atoms with Gasteiger partial charge in [0.2, 0.25) is 0 Å². The Balaban J connectivity index is 2.05. The minimum absolute atomic E-state index is 0.0561. The zero-order valence-electron chi connectivity index (χ0n) is 15.6. The Morgan fingerprint density at radius 1 is 1.32 bits per heavy atom. The zero-order chi connectivity index (χ0) is 18.3. The summed E-state index contributed by atoms with van der Waals surface area (Å²) >= 11 is 0. The van der Waals surface area contributed by atoms with Crippen molar-refractivity contribution in [3.8, 4) is 0 Å². The summed E-state index contributed by atoms with van der Waals surface area (Å²) in [7, 11) is 3.64. The molecule has 3 aromatic rings. The number of hydrogen-bond donors (Lipinski definition) is 0. The molecule has 0 N–H and O–H groups in total. The fourth-order valence-electron chi connectivity index (χ4n) is 3.01. The van der Waals surface area contributed by atoms with E-state index in [1.165, 1.54) is 0 Å². The molecule has 0 aliphatic rings. The van der Waals surface area contributed by atoms with Gasteiger partial charge >= 0.3 is 0 Å². The molecular weight excluding hydrogens is 316 g/mol. The first-order chi connectivity index (χ1) is 11.8. The number of carbonyl (C=O) groups excluding carboxylic acids is 1. The van der Waals surface area contributed by atoms with Gasteiger partial charge in [-0.2, -0.15) is 5.10 Å². The van der Waals surface area contributed by atoms with Crippen LogP contribution in [0.25, 0.3) is 11.0 Å². The van der Waals surface area contributed by atoms with Crippen LogP contribution in [-0.2, 0) is 13.6 Å². The van der Waals surface area contributed by atoms with Gasteiger partial charge in [-0.05, 0) is 38.0 Å². The van der Waals surface area contributed by atoms with E-state index >= 15 is 0 Å². The Morgan fingerprint density at radius 3 is 2.64 bits per heavy atom. The Morgan fingerprint density at radius 2 is 2.04 bits per heavy atom. The molecule has 0 bridgehead atoms. The van der Waals surface area contributed by atoms with Crippen LogP contribution in [0.3, 0.4) is 0 Å². The number of furan rings is 1. The van der Waals surface area contributed by atoms with E-state index in [-0.39, 0.29) is 11.8 Å². The average Bonchev–Trinajstić information content (AvgIpc) is 3.09. The van der Waals surface area contributed by atoms with Crippen LogP contribution in [0.1, 0.15) is 53.0 Å². The molecule has 132 valence electrons. The maximum absolute atomic E-state index is 13.1. The lowest BCUT2D eigenvalue weighted by Crippen LogP contribution is -2.26. The van der Waals surface area contributed by atoms with Crippen molar-refractivity contribution < 1.29 is 9.21 Å². The van der Waals surface area contributed by atoms with Gasteiger partial charge in [0, 0.05) is 19.8 Å². The fourth-order valence-corrected chi connectivity index (χ4v) is 3.01. The first-order valence-electron chi connectivity index (χ1n) is 8.43. The number of aromatic nitrogens is 3. The number of fused-ring (bicyclic) bond motifs is 1. The molecule has 3 aromatic heterocycles. The summed E-state index contributed by atoms with van der Waals surface area (Å²) in [4.78, 5) is 19.5. The molecule has 0 saturated carbocycles. The lowest BCUT2D eigenvalue weighted by atomic mass is 10.0. The lowest BCUT2D eigenvalue weighted by molar-refractivity contribution is 0.0776. The molecule has 3 heterocycles. The first kappa shape index (κ1) is 17.2. The molecule has 0 radical (unpaired) electrons. The van der Waals surface area contributed by atoms with Crippen LogP contribution in [0.4, 0.5) is 0 Å². The topological polar surface area (TPSA) is 64.2 Å². The third kappa shape index (κ3) is 3.16. The summed E-state index contributed by atoms with van der Waals surface area (Å²) in [5, 5.41) is 5.26. The second kappa shape index (κ2) is 6.35. The minimum Gasteiger partial charge on any atom is -0.464 e. The van der Waals surface area contributed by atoms with Gasteiger partial charge in [-0.25, -0.2) is 4.98 Å². The molecule has 0 unspecified atom stereocenters. The molecule has 6 nitrogen and oxygen atoms in total. The highest BCUT2D eigenvalue weighted by atomic mass is 16.3. The van der Waals surface area contributed by atoms with Gasteiger partial charge in [0.1, 0.15) is 11.5 Å². The standard InChI is InChI=1S/C19H24N4O2/c1-11(2)16-9-15(17-13(4)21-23(6)18(17)20-16)19(24)22(5)10-14-8-7-12(3)25-14/h7-9,11H,10H2,1-6H3. The summed E-state index contributed by atoms with van der Waals surface area (Å²) < 4.78 is 7.33. The Hall–Kier alpha value is -2.63. The normalized spacial score (nSPS) is 11.5. The second-order valence-corrected chi connectivity index (χ2v) is 6.83. The van der Waals surface area contributed by atoms with Gasteiger partial charge in [-0.3, -0.25) is 9.48 Å². The zero-order valence-corrected chi connectivity index (χ0v) is 15.6. The van der Waals surface area contributed by atoms with E-state index in [0.29, 0.717) is 12.1 Å². The number of rotatable bonds is 4. The molecule has 0 aromatic carbocycles. The van der Waals surface area contributed by atoms with E-state index in [1.807, 2.05) is 39.1 Å². The number of pyridine rings is 1. The maximum atomic E-state index is 13.1. The quantitative estimate of drug-likeness (QED) is 0.728. The van der Waals surface area contributed by atoms with Gasteiger partial charge in [-0.1, -0.05) is 13.8 Å². The predicted molar refractivity (Wildman–Crippen MR) is 96.6 cm³/mol. The van der Waals surface area contributed by atoms with Crippen molar-refractivity contribution in [2.75, 3.05) is 7.05 Å². The summed E-state index contributed by atoms with van der Waals surface area (Å²) in [6.07, 6.45) is 0. The van der Waals surface area contributed by atoms with Crippen LogP contribution in [-0.4, -0.2) is 32.6 Å². The van der Waals surface area contributed by atoms with E-state index < -0.39 is 0 Å². The predicted octanol–water partition coefficient (Wildman–Crippen LogP) is 3.57. The van der Waals surface area contributed by atoms with Crippen LogP contribution in [0.15, 0.2) is 22.6 Å². The van der Waals surface area contributed by atoms with E-state index in [2.05, 4.69) is 18.9 Å². The van der Waals surface area contributed by atoms with E-state index in [9.17, 15) is 4.79 Å².